The Morgan fingerprint density at radius 1 is 0.356 bits per heavy atom. The Morgan fingerprint density at radius 2 is 0.610 bits per heavy atom. The number of benzene rings is 9. The number of fused-ring (bicyclic) bond motifs is 2. The van der Waals surface area contributed by atoms with Gasteiger partial charge in [0.2, 0.25) is 0 Å². The molecule has 4 aliphatic rings. The van der Waals surface area contributed by atoms with Crippen LogP contribution < -0.4 is 18.9 Å². The largest absolute Gasteiger partial charge is 0.490 e. The molecule has 9 aromatic rings. The van der Waals surface area contributed by atoms with Crippen LogP contribution in [0.3, 0.4) is 0 Å². The number of amides is 4. The van der Waals surface area contributed by atoms with Gasteiger partial charge in [-0.05, 0) is 192 Å². The molecule has 0 bridgehead atoms. The second kappa shape index (κ2) is 36.4. The standard InChI is InChI=1S/C96H98N2O20/c1-53(2)47-74(95(107)117-64-19-15-13-16-20-64)97-88(100)70-49-76(113-66-31-23-60(24-32-66)39-43-109-59(12)58(11)99)82-83-77(114-67-33-25-61(26-34-67)40-44-110-92(104)55(5)6)50-72-81-73(91(103)98(90(72)102)75(48-54(3)4)96(108)118-65-21-17-14-18-22-65)52-79(116-69-37-29-63(30-38-69)42-46-112-94(106)57(9)10)85(87(81)83)84-78(51-71(89(97)101)80(70)86(82)84)115-68-35-27-62(28-36-68)41-45-111-93(105)56(7)8/h23-38,49-54,64-65,74-75H,5,7,9,12-22,39-48H2,1-4,6,8,10-11H3. The van der Waals surface area contributed by atoms with Crippen LogP contribution in [0.15, 0.2) is 170 Å². The molecule has 0 aromatic heterocycles. The molecule has 2 aliphatic heterocycles. The fraction of sp³-hybridized carbons (Fsp3) is 0.354. The van der Waals surface area contributed by atoms with Gasteiger partial charge in [0.15, 0.2) is 11.5 Å². The van der Waals surface area contributed by atoms with E-state index < -0.39 is 77.8 Å². The van der Waals surface area contributed by atoms with Gasteiger partial charge in [0, 0.05) is 92.4 Å². The summed E-state index contributed by atoms with van der Waals surface area (Å²) in [4.78, 5) is 148. The molecule has 0 saturated heterocycles. The first-order valence-corrected chi connectivity index (χ1v) is 40.5. The van der Waals surface area contributed by atoms with Gasteiger partial charge in [-0.1, -0.05) is 115 Å². The second-order valence-corrected chi connectivity index (χ2v) is 31.9. The molecule has 0 N–H and O–H groups in total. The summed E-state index contributed by atoms with van der Waals surface area (Å²) in [5.41, 5.74) is 3.46. The van der Waals surface area contributed by atoms with Crippen LogP contribution in [0.4, 0.5) is 0 Å². The lowest BCUT2D eigenvalue weighted by molar-refractivity contribution is -0.156. The maximum atomic E-state index is 16.6. The van der Waals surface area contributed by atoms with Crippen molar-refractivity contribution in [2.75, 3.05) is 26.4 Å². The molecule has 612 valence electrons. The summed E-state index contributed by atoms with van der Waals surface area (Å²) in [6, 6.07) is 31.2. The lowest BCUT2D eigenvalue weighted by atomic mass is 9.80. The zero-order chi connectivity index (χ0) is 83.9. The highest BCUT2D eigenvalue weighted by molar-refractivity contribution is 6.45. The lowest BCUT2D eigenvalue weighted by Crippen LogP contribution is -2.52. The molecule has 4 amide bonds. The third-order valence-corrected chi connectivity index (χ3v) is 21.8. The van der Waals surface area contributed by atoms with Gasteiger partial charge >= 0.3 is 29.8 Å². The van der Waals surface area contributed by atoms with Crippen molar-refractivity contribution in [3.63, 3.8) is 0 Å². The Bertz CT molecular complexity index is 4870. The molecule has 2 unspecified atom stereocenters. The number of rotatable bonds is 35. The third kappa shape index (κ3) is 18.4. The number of ketones is 1. The van der Waals surface area contributed by atoms with Crippen LogP contribution in [0.5, 0.6) is 46.0 Å². The molecule has 2 saturated carbocycles. The van der Waals surface area contributed by atoms with Crippen LogP contribution in [0.2, 0.25) is 0 Å². The van der Waals surface area contributed by atoms with E-state index in [9.17, 15) is 19.2 Å². The summed E-state index contributed by atoms with van der Waals surface area (Å²) in [7, 11) is 0. The van der Waals surface area contributed by atoms with Gasteiger partial charge in [0.25, 0.3) is 23.6 Å². The van der Waals surface area contributed by atoms with Crippen molar-refractivity contribution in [2.24, 2.45) is 11.8 Å². The molecule has 118 heavy (non-hydrogen) atoms. The highest BCUT2D eigenvalue weighted by Crippen LogP contribution is 2.58. The Hall–Kier alpha value is -12.5. The number of allylic oxidation sites excluding steroid dienone is 1. The molecule has 0 radical (unpaired) electrons. The van der Waals surface area contributed by atoms with Gasteiger partial charge in [0.1, 0.15) is 70.3 Å². The number of Topliss-reactive ketones (excluding diaryl/α,β-unsaturated/α-hetero) is 1. The molecule has 13 rings (SSSR count). The average Bonchev–Trinajstić information content (AvgIpc) is 0.670. The molecular weight excluding hydrogens is 1500 g/mol. The van der Waals surface area contributed by atoms with Crippen molar-refractivity contribution in [2.45, 2.75) is 182 Å². The zero-order valence-electron chi connectivity index (χ0n) is 68.0. The molecular formula is C96H98N2O20. The summed E-state index contributed by atoms with van der Waals surface area (Å²) in [6.07, 6.45) is 8.04. The second-order valence-electron chi connectivity index (χ2n) is 31.9. The maximum Gasteiger partial charge on any atom is 0.333 e. The minimum atomic E-state index is -1.44. The first-order valence-electron chi connectivity index (χ1n) is 40.5. The van der Waals surface area contributed by atoms with E-state index in [4.69, 9.17) is 47.4 Å². The van der Waals surface area contributed by atoms with Gasteiger partial charge in [-0.15, -0.1) is 0 Å². The molecule has 2 fully saturated rings. The maximum absolute atomic E-state index is 16.6. The van der Waals surface area contributed by atoms with Gasteiger partial charge in [-0.2, -0.15) is 0 Å². The topological polar surface area (TPSA) is 269 Å². The van der Waals surface area contributed by atoms with E-state index in [1.165, 1.54) is 31.2 Å². The van der Waals surface area contributed by atoms with E-state index >= 15 is 28.8 Å². The van der Waals surface area contributed by atoms with Crippen LogP contribution in [-0.4, -0.2) is 120 Å². The monoisotopic (exact) mass is 1600 g/mol. The molecule has 22 nitrogen and oxygen atoms in total. The van der Waals surface area contributed by atoms with Gasteiger partial charge in [-0.25, -0.2) is 24.0 Å². The molecule has 22 heteroatoms. The Balaban J connectivity index is 1.14. The fourth-order valence-corrected chi connectivity index (χ4v) is 15.7. The molecule has 2 aliphatic carbocycles. The summed E-state index contributed by atoms with van der Waals surface area (Å²) in [5.74, 6) is -6.58. The summed E-state index contributed by atoms with van der Waals surface area (Å²) < 4.78 is 64.0. The van der Waals surface area contributed by atoms with Gasteiger partial charge < -0.3 is 47.4 Å². The highest BCUT2D eigenvalue weighted by Gasteiger charge is 2.48. The van der Waals surface area contributed by atoms with Gasteiger partial charge in [-0.3, -0.25) is 33.8 Å². The van der Waals surface area contributed by atoms with E-state index in [1.807, 2.05) is 27.7 Å². The first-order chi connectivity index (χ1) is 56.6. The van der Waals surface area contributed by atoms with E-state index in [0.29, 0.717) is 51.4 Å². The van der Waals surface area contributed by atoms with E-state index in [-0.39, 0.29) is 191 Å². The molecule has 2 heterocycles. The van der Waals surface area contributed by atoms with Gasteiger partial charge in [0.05, 0.1) is 48.7 Å². The van der Waals surface area contributed by atoms with Crippen LogP contribution in [0.25, 0.3) is 43.1 Å². The van der Waals surface area contributed by atoms with Crippen LogP contribution in [0.1, 0.15) is 196 Å². The Morgan fingerprint density at radius 3 is 0.847 bits per heavy atom. The Kier molecular flexibility index (Phi) is 25.7. The van der Waals surface area contributed by atoms with Crippen molar-refractivity contribution in [1.82, 2.24) is 9.80 Å². The fourth-order valence-electron chi connectivity index (χ4n) is 15.7. The van der Waals surface area contributed by atoms with Crippen LogP contribution >= 0.6 is 0 Å². The van der Waals surface area contributed by atoms with Crippen molar-refractivity contribution in [3.05, 3.63) is 215 Å². The van der Waals surface area contributed by atoms with Crippen molar-refractivity contribution in [1.29, 1.82) is 0 Å². The van der Waals surface area contributed by atoms with E-state index in [1.54, 1.807) is 118 Å². The summed E-state index contributed by atoms with van der Waals surface area (Å²) in [6.45, 7) is 28.7. The SMILES string of the molecule is C=C(C)C(=O)OCCc1ccc(Oc2cc3c4c(cc(Oc5ccc(CCOC(=C)C(C)=O)cc5)c5c6c(Oc7ccc(CCOC(=O)C(=C)C)cc7)cc7c8c(cc(Oc9ccc(CCOC(=O)C(=C)C)cc9)c(c2c45)c86)C(=O)N(C(CC(C)C)C(=O)OC2CCCCC2)C7=O)C(=O)N(C(CC(C)C)C(=O)OC2CCCCC2)C3=O)cc1. The van der Waals surface area contributed by atoms with Crippen molar-refractivity contribution >= 4 is 102 Å². The van der Waals surface area contributed by atoms with Crippen LogP contribution in [-0.2, 0) is 82.9 Å². The predicted molar refractivity (Wildman–Crippen MR) is 445 cm³/mol. The number of carbonyl (C=O) groups is 10. The zero-order valence-corrected chi connectivity index (χ0v) is 68.0. The van der Waals surface area contributed by atoms with Crippen LogP contribution in [0, 0.1) is 11.8 Å². The predicted octanol–water partition coefficient (Wildman–Crippen LogP) is 19.3. The Labute approximate surface area is 685 Å². The highest BCUT2D eigenvalue weighted by atomic mass is 16.6. The number of esters is 5. The normalized spacial score (nSPS) is 14.8. The minimum absolute atomic E-state index is 0.00660. The quantitative estimate of drug-likeness (QED) is 0.00679. The summed E-state index contributed by atoms with van der Waals surface area (Å²) >= 11 is 0. The number of imide groups is 2. The molecule has 9 aromatic carbocycles. The smallest absolute Gasteiger partial charge is 0.333 e. The number of hydrogen-bond acceptors (Lipinski definition) is 20. The first kappa shape index (κ1) is 83.5. The number of hydrogen-bond donors (Lipinski definition) is 0. The lowest BCUT2D eigenvalue weighted by Gasteiger charge is -2.36. The minimum Gasteiger partial charge on any atom is -0.490 e. The van der Waals surface area contributed by atoms with Crippen molar-refractivity contribution in [3.8, 4) is 46.0 Å². The number of carbonyl (C=O) groups excluding carboxylic acids is 10. The number of nitrogens with zero attached hydrogens (tertiary/aromatic N) is 2. The molecule has 0 spiro atoms. The number of ether oxygens (including phenoxy) is 10. The summed E-state index contributed by atoms with van der Waals surface area (Å²) in [5, 5.41) is 1.21. The van der Waals surface area contributed by atoms with Crippen molar-refractivity contribution < 1.29 is 95.3 Å². The third-order valence-electron chi connectivity index (χ3n) is 21.8. The van der Waals surface area contributed by atoms with E-state index in [0.717, 1.165) is 70.6 Å². The van der Waals surface area contributed by atoms with E-state index in [2.05, 4.69) is 26.3 Å². The molecule has 2 atom stereocenters. The average molecular weight is 1600 g/mol.